The number of anilines is 1. The number of amides is 1. The van der Waals surface area contributed by atoms with Gasteiger partial charge in [-0.1, -0.05) is 6.92 Å². The molecule has 1 aliphatic heterocycles. The van der Waals surface area contributed by atoms with Crippen LogP contribution in [0.4, 0.5) is 27.8 Å². The second-order valence-electron chi connectivity index (χ2n) is 7.72. The first-order valence-electron chi connectivity index (χ1n) is 10.00. The van der Waals surface area contributed by atoms with Crippen molar-refractivity contribution in [2.75, 3.05) is 11.9 Å². The van der Waals surface area contributed by atoms with Gasteiger partial charge in [0.05, 0.1) is 29.7 Å². The third kappa shape index (κ3) is 5.15. The first-order valence-corrected chi connectivity index (χ1v) is 10.00. The Kier molecular flexibility index (Phi) is 6.23. The van der Waals surface area contributed by atoms with Crippen LogP contribution in [0, 0.1) is 23.5 Å². The number of hydrogen-bond acceptors (Lipinski definition) is 6. The summed E-state index contributed by atoms with van der Waals surface area (Å²) in [6.45, 7) is 1.91. The quantitative estimate of drug-likeness (QED) is 0.482. The third-order valence-electron chi connectivity index (χ3n) is 5.31. The molecule has 0 radical (unpaired) electrons. The number of carbonyl (C=O) groups is 1. The number of halogens is 5. The summed E-state index contributed by atoms with van der Waals surface area (Å²) >= 11 is 0. The SMILES string of the molecule is C[C@H]1C(O)NC[C@@H]1C(=O)Nc1cc(-c2cc(F)cc(OC(F)(F)F)c2)n(-c2cncc(F)c2)n1. The van der Waals surface area contributed by atoms with Crippen molar-refractivity contribution in [3.05, 3.63) is 54.4 Å². The summed E-state index contributed by atoms with van der Waals surface area (Å²) in [5.74, 6) is -4.01. The second kappa shape index (κ2) is 8.99. The van der Waals surface area contributed by atoms with E-state index in [1.165, 1.54) is 12.3 Å². The highest BCUT2D eigenvalue weighted by Gasteiger charge is 2.36. The normalized spacial score (nSPS) is 20.4. The van der Waals surface area contributed by atoms with Crippen molar-refractivity contribution < 1.29 is 36.6 Å². The van der Waals surface area contributed by atoms with Crippen LogP contribution >= 0.6 is 0 Å². The van der Waals surface area contributed by atoms with Crippen molar-refractivity contribution in [1.29, 1.82) is 0 Å². The monoisotopic (exact) mass is 483 g/mol. The lowest BCUT2D eigenvalue weighted by molar-refractivity contribution is -0.274. The lowest BCUT2D eigenvalue weighted by atomic mass is 9.96. The molecule has 1 fully saturated rings. The van der Waals surface area contributed by atoms with Crippen LogP contribution in [0.15, 0.2) is 42.7 Å². The second-order valence-corrected chi connectivity index (χ2v) is 7.72. The van der Waals surface area contributed by atoms with Crippen molar-refractivity contribution >= 4 is 11.7 Å². The fourth-order valence-electron chi connectivity index (χ4n) is 3.65. The van der Waals surface area contributed by atoms with Gasteiger partial charge in [0, 0.05) is 36.2 Å². The number of hydrogen-bond donors (Lipinski definition) is 3. The molecular formula is C21H18F5N5O3. The third-order valence-corrected chi connectivity index (χ3v) is 5.31. The van der Waals surface area contributed by atoms with Crippen LogP contribution in [0.1, 0.15) is 6.92 Å². The topological polar surface area (TPSA) is 101 Å². The number of carbonyl (C=O) groups excluding carboxylic acids is 1. The predicted molar refractivity (Wildman–Crippen MR) is 109 cm³/mol. The molecule has 3 aromatic rings. The molecule has 13 heteroatoms. The maximum absolute atomic E-state index is 14.1. The Morgan fingerprint density at radius 2 is 1.94 bits per heavy atom. The van der Waals surface area contributed by atoms with Gasteiger partial charge >= 0.3 is 6.36 Å². The molecule has 8 nitrogen and oxygen atoms in total. The molecule has 1 amide bonds. The zero-order valence-corrected chi connectivity index (χ0v) is 17.5. The van der Waals surface area contributed by atoms with E-state index in [0.29, 0.717) is 6.07 Å². The van der Waals surface area contributed by atoms with Gasteiger partial charge in [-0.2, -0.15) is 0 Å². The Labute approximate surface area is 189 Å². The summed E-state index contributed by atoms with van der Waals surface area (Å²) < 4.78 is 70.9. The number of benzene rings is 1. The fraction of sp³-hybridized carbons (Fsp3) is 0.286. The smallest absolute Gasteiger partial charge is 0.406 e. The van der Waals surface area contributed by atoms with Gasteiger partial charge in [0.2, 0.25) is 5.91 Å². The van der Waals surface area contributed by atoms with Crippen LogP contribution in [0.3, 0.4) is 0 Å². The highest BCUT2D eigenvalue weighted by atomic mass is 19.4. The van der Waals surface area contributed by atoms with E-state index in [-0.39, 0.29) is 35.2 Å². The number of aliphatic hydroxyl groups is 1. The average Bonchev–Trinajstić information content (AvgIpc) is 3.30. The molecule has 3 heterocycles. The van der Waals surface area contributed by atoms with Crippen molar-refractivity contribution in [2.24, 2.45) is 11.8 Å². The van der Waals surface area contributed by atoms with Gasteiger partial charge in [-0.15, -0.1) is 18.3 Å². The predicted octanol–water partition coefficient (Wildman–Crippen LogP) is 3.22. The number of ether oxygens (including phenoxy) is 1. The van der Waals surface area contributed by atoms with Gasteiger partial charge < -0.3 is 15.2 Å². The Morgan fingerprint density at radius 1 is 1.18 bits per heavy atom. The maximum Gasteiger partial charge on any atom is 0.573 e. The van der Waals surface area contributed by atoms with Gasteiger partial charge in [-0.3, -0.25) is 15.1 Å². The number of alkyl halides is 3. The lowest BCUT2D eigenvalue weighted by Gasteiger charge is -2.14. The molecule has 180 valence electrons. The zero-order valence-electron chi connectivity index (χ0n) is 17.5. The van der Waals surface area contributed by atoms with E-state index in [0.717, 1.165) is 29.1 Å². The minimum Gasteiger partial charge on any atom is -0.406 e. The summed E-state index contributed by atoms with van der Waals surface area (Å²) in [5, 5.41) is 19.3. The highest BCUT2D eigenvalue weighted by molar-refractivity contribution is 5.93. The number of aliphatic hydroxyl groups excluding tert-OH is 1. The van der Waals surface area contributed by atoms with Gasteiger partial charge in [0.15, 0.2) is 5.82 Å². The van der Waals surface area contributed by atoms with Crippen molar-refractivity contribution in [3.63, 3.8) is 0 Å². The van der Waals surface area contributed by atoms with E-state index in [2.05, 4.69) is 25.5 Å². The molecule has 1 aliphatic rings. The average molecular weight is 483 g/mol. The van der Waals surface area contributed by atoms with E-state index in [9.17, 15) is 31.9 Å². The van der Waals surface area contributed by atoms with Crippen molar-refractivity contribution in [2.45, 2.75) is 19.5 Å². The van der Waals surface area contributed by atoms with Crippen LogP contribution in [0.5, 0.6) is 5.75 Å². The minimum atomic E-state index is -5.05. The molecule has 1 unspecified atom stereocenters. The molecule has 3 atom stereocenters. The summed E-state index contributed by atoms with van der Waals surface area (Å²) in [5.41, 5.74) is 0.0269. The van der Waals surface area contributed by atoms with E-state index < -0.39 is 41.8 Å². The number of pyridine rings is 1. The number of rotatable bonds is 5. The fourth-order valence-corrected chi connectivity index (χ4v) is 3.65. The molecule has 0 bridgehead atoms. The van der Waals surface area contributed by atoms with Crippen LogP contribution < -0.4 is 15.4 Å². The Bertz CT molecular complexity index is 1220. The summed E-state index contributed by atoms with van der Waals surface area (Å²) in [6.07, 6.45) is -3.74. The molecule has 0 aliphatic carbocycles. The molecule has 3 N–H and O–H groups in total. The molecule has 1 aromatic carbocycles. The summed E-state index contributed by atoms with van der Waals surface area (Å²) in [6, 6.07) is 4.78. The molecule has 2 aromatic heterocycles. The largest absolute Gasteiger partial charge is 0.573 e. The van der Waals surface area contributed by atoms with E-state index in [4.69, 9.17) is 0 Å². The first-order chi connectivity index (χ1) is 16.0. The van der Waals surface area contributed by atoms with E-state index in [1.54, 1.807) is 6.92 Å². The standard InChI is InChI=1S/C21H18F5N5O3/c1-10-16(9-28-19(10)32)20(33)29-18-6-17(31(30-18)14-4-13(23)7-27-8-14)11-2-12(22)5-15(3-11)34-21(24,25)26/h2-8,10,16,19,28,32H,9H2,1H3,(H,29,30,33)/t10-,16+,19?/m1/s1. The van der Waals surface area contributed by atoms with Crippen molar-refractivity contribution in [1.82, 2.24) is 20.1 Å². The molecule has 1 saturated heterocycles. The Balaban J connectivity index is 1.74. The van der Waals surface area contributed by atoms with Gasteiger partial charge in [-0.25, -0.2) is 13.5 Å². The number of nitrogens with zero attached hydrogens (tertiary/aromatic N) is 3. The van der Waals surface area contributed by atoms with Crippen LogP contribution in [0.25, 0.3) is 16.9 Å². The molecule has 4 rings (SSSR count). The number of aromatic nitrogens is 3. The highest BCUT2D eigenvalue weighted by Crippen LogP contribution is 2.32. The van der Waals surface area contributed by atoms with Gasteiger partial charge in [0.1, 0.15) is 23.6 Å². The van der Waals surface area contributed by atoms with E-state index in [1.807, 2.05) is 0 Å². The van der Waals surface area contributed by atoms with E-state index >= 15 is 0 Å². The van der Waals surface area contributed by atoms with Crippen molar-refractivity contribution in [3.8, 4) is 22.7 Å². The minimum absolute atomic E-state index is 0.0274. The zero-order chi connectivity index (χ0) is 24.6. The Morgan fingerprint density at radius 3 is 2.59 bits per heavy atom. The van der Waals surface area contributed by atoms with Gasteiger partial charge in [0.25, 0.3) is 0 Å². The summed E-state index contributed by atoms with van der Waals surface area (Å²) in [7, 11) is 0. The maximum atomic E-state index is 14.1. The van der Waals surface area contributed by atoms with Crippen LogP contribution in [-0.2, 0) is 4.79 Å². The van der Waals surface area contributed by atoms with Crippen LogP contribution in [-0.4, -0.2) is 44.9 Å². The van der Waals surface area contributed by atoms with Crippen LogP contribution in [0.2, 0.25) is 0 Å². The number of nitrogens with one attached hydrogen (secondary N) is 2. The molecular weight excluding hydrogens is 465 g/mol. The Hall–Kier alpha value is -3.58. The molecule has 0 spiro atoms. The van der Waals surface area contributed by atoms with Gasteiger partial charge in [-0.05, 0) is 12.1 Å². The molecule has 0 saturated carbocycles. The summed E-state index contributed by atoms with van der Waals surface area (Å²) in [4.78, 5) is 16.4. The lowest BCUT2D eigenvalue weighted by Crippen LogP contribution is -2.29. The molecule has 34 heavy (non-hydrogen) atoms. The first kappa shape index (κ1) is 23.6.